The number of rotatable bonds is 1. The van der Waals surface area contributed by atoms with Gasteiger partial charge in [0.2, 0.25) is 0 Å². The first-order chi connectivity index (χ1) is 7.15. The molecule has 15 heavy (non-hydrogen) atoms. The van der Waals surface area contributed by atoms with E-state index in [0.29, 0.717) is 12.0 Å². The molecule has 2 rings (SSSR count). The average Bonchev–Trinajstić information content (AvgIpc) is 2.23. The minimum absolute atomic E-state index is 0.0975. The van der Waals surface area contributed by atoms with Gasteiger partial charge in [-0.15, -0.1) is 0 Å². The molecule has 0 bridgehead atoms. The highest BCUT2D eigenvalue weighted by Crippen LogP contribution is 2.24. The maximum absolute atomic E-state index is 13.3. The summed E-state index contributed by atoms with van der Waals surface area (Å²) in [5, 5.41) is 0. The van der Waals surface area contributed by atoms with Gasteiger partial charge in [0.05, 0.1) is 5.56 Å². The van der Waals surface area contributed by atoms with Gasteiger partial charge in [-0.1, -0.05) is 19.1 Å². The van der Waals surface area contributed by atoms with Crippen LogP contribution in [-0.2, 0) is 0 Å². The Morgan fingerprint density at radius 2 is 2.00 bits per heavy atom. The van der Waals surface area contributed by atoms with E-state index in [2.05, 4.69) is 0 Å². The van der Waals surface area contributed by atoms with Crippen molar-refractivity contribution in [1.29, 1.82) is 0 Å². The number of carbonyl (C=O) groups is 2. The van der Waals surface area contributed by atoms with E-state index in [1.807, 2.05) is 0 Å². The van der Waals surface area contributed by atoms with Gasteiger partial charge in [-0.25, -0.2) is 4.39 Å². The van der Waals surface area contributed by atoms with Crippen LogP contribution in [0.25, 0.3) is 0 Å². The molecule has 2 nitrogen and oxygen atoms in total. The number of carbonyl (C=O) groups excluding carboxylic acids is 2. The molecule has 0 heterocycles. The van der Waals surface area contributed by atoms with Gasteiger partial charge in [-0.2, -0.15) is 0 Å². The minimum Gasteiger partial charge on any atom is -0.289 e. The highest BCUT2D eigenvalue weighted by molar-refractivity contribution is 6.24. The number of Topliss-reactive ketones (excluding diaryl/α,β-unsaturated/α-hetero) is 1. The molecule has 1 aliphatic carbocycles. The van der Waals surface area contributed by atoms with Crippen LogP contribution in [0.4, 0.5) is 4.39 Å². The van der Waals surface area contributed by atoms with Crippen LogP contribution in [0.1, 0.15) is 34.1 Å². The Kier molecular flexibility index (Phi) is 2.23. The average molecular weight is 204 g/mol. The van der Waals surface area contributed by atoms with E-state index in [4.69, 9.17) is 0 Å². The molecule has 0 atom stereocenters. The van der Waals surface area contributed by atoms with Gasteiger partial charge < -0.3 is 0 Å². The first kappa shape index (κ1) is 9.77. The molecule has 0 amide bonds. The summed E-state index contributed by atoms with van der Waals surface area (Å²) in [5.74, 6) is -1.29. The Morgan fingerprint density at radius 1 is 1.27 bits per heavy atom. The topological polar surface area (TPSA) is 34.1 Å². The standard InChI is InChI=1S/C12H9FO2/c1-2-7-6-10(14)11-8(12(7)15)4-3-5-9(11)13/h3-6H,2H2,1H3. The first-order valence-corrected chi connectivity index (χ1v) is 4.73. The molecule has 0 fully saturated rings. The van der Waals surface area contributed by atoms with Crippen LogP contribution >= 0.6 is 0 Å². The molecule has 0 unspecified atom stereocenters. The number of fused-ring (bicyclic) bond motifs is 1. The van der Waals surface area contributed by atoms with Crippen molar-refractivity contribution < 1.29 is 14.0 Å². The van der Waals surface area contributed by atoms with Crippen LogP contribution in [0.15, 0.2) is 29.8 Å². The summed E-state index contributed by atoms with van der Waals surface area (Å²) in [6.45, 7) is 1.79. The maximum Gasteiger partial charge on any atom is 0.189 e. The van der Waals surface area contributed by atoms with Crippen molar-refractivity contribution in [3.8, 4) is 0 Å². The zero-order valence-corrected chi connectivity index (χ0v) is 8.21. The molecule has 1 aliphatic rings. The van der Waals surface area contributed by atoms with E-state index in [9.17, 15) is 14.0 Å². The van der Waals surface area contributed by atoms with Crippen molar-refractivity contribution in [1.82, 2.24) is 0 Å². The summed E-state index contributed by atoms with van der Waals surface area (Å²) < 4.78 is 13.3. The molecule has 0 N–H and O–H groups in total. The van der Waals surface area contributed by atoms with Crippen molar-refractivity contribution >= 4 is 11.6 Å². The second-order valence-electron chi connectivity index (χ2n) is 3.38. The number of benzene rings is 1. The van der Waals surface area contributed by atoms with Gasteiger partial charge in [0.1, 0.15) is 5.82 Å². The van der Waals surface area contributed by atoms with Crippen molar-refractivity contribution in [2.24, 2.45) is 0 Å². The lowest BCUT2D eigenvalue weighted by Crippen LogP contribution is -2.18. The van der Waals surface area contributed by atoms with Crippen molar-refractivity contribution in [2.45, 2.75) is 13.3 Å². The lowest BCUT2D eigenvalue weighted by atomic mass is 9.88. The fourth-order valence-corrected chi connectivity index (χ4v) is 1.70. The van der Waals surface area contributed by atoms with E-state index in [0.717, 1.165) is 0 Å². The number of allylic oxidation sites excluding steroid dienone is 2. The summed E-state index contributed by atoms with van der Waals surface area (Å²) in [6.07, 6.45) is 1.72. The number of halogens is 1. The third kappa shape index (κ3) is 1.40. The predicted molar refractivity (Wildman–Crippen MR) is 53.4 cm³/mol. The smallest absolute Gasteiger partial charge is 0.189 e. The van der Waals surface area contributed by atoms with Crippen LogP contribution < -0.4 is 0 Å². The highest BCUT2D eigenvalue weighted by atomic mass is 19.1. The Bertz CT molecular complexity index is 486. The summed E-state index contributed by atoms with van der Waals surface area (Å²) in [7, 11) is 0. The Hall–Kier alpha value is -1.77. The van der Waals surface area contributed by atoms with Crippen LogP contribution in [0.3, 0.4) is 0 Å². The first-order valence-electron chi connectivity index (χ1n) is 4.73. The molecule has 0 spiro atoms. The molecule has 3 heteroatoms. The molecular weight excluding hydrogens is 195 g/mol. The quantitative estimate of drug-likeness (QED) is 0.704. The van der Waals surface area contributed by atoms with E-state index in [-0.39, 0.29) is 16.9 Å². The molecule has 76 valence electrons. The fourth-order valence-electron chi connectivity index (χ4n) is 1.70. The predicted octanol–water partition coefficient (Wildman–Crippen LogP) is 2.54. The summed E-state index contributed by atoms with van der Waals surface area (Å²) >= 11 is 0. The zero-order chi connectivity index (χ0) is 11.0. The van der Waals surface area contributed by atoms with Gasteiger partial charge >= 0.3 is 0 Å². The number of hydrogen-bond donors (Lipinski definition) is 0. The molecule has 0 saturated heterocycles. The van der Waals surface area contributed by atoms with Crippen LogP contribution in [0, 0.1) is 5.82 Å². The minimum atomic E-state index is -0.628. The van der Waals surface area contributed by atoms with Gasteiger partial charge in [0.25, 0.3) is 0 Å². The SMILES string of the molecule is CCC1=CC(=O)c2c(F)cccc2C1=O. The molecule has 0 radical (unpaired) electrons. The third-order valence-electron chi connectivity index (χ3n) is 2.48. The van der Waals surface area contributed by atoms with E-state index in [1.165, 1.54) is 24.3 Å². The maximum atomic E-state index is 13.3. The molecule has 0 aliphatic heterocycles. The Balaban J connectivity index is 2.67. The fraction of sp³-hybridized carbons (Fsp3) is 0.167. The van der Waals surface area contributed by atoms with Crippen LogP contribution in [-0.4, -0.2) is 11.6 Å². The second kappa shape index (κ2) is 3.42. The van der Waals surface area contributed by atoms with Gasteiger partial charge in [-0.3, -0.25) is 9.59 Å². The van der Waals surface area contributed by atoms with Gasteiger partial charge in [-0.05, 0) is 18.6 Å². The highest BCUT2D eigenvalue weighted by Gasteiger charge is 2.26. The van der Waals surface area contributed by atoms with Crippen LogP contribution in [0.5, 0.6) is 0 Å². The van der Waals surface area contributed by atoms with Crippen molar-refractivity contribution in [3.63, 3.8) is 0 Å². The molecule has 0 aromatic heterocycles. The monoisotopic (exact) mass is 204 g/mol. The van der Waals surface area contributed by atoms with Gasteiger partial charge in [0, 0.05) is 11.1 Å². The Labute approximate surface area is 86.4 Å². The Morgan fingerprint density at radius 3 is 2.67 bits per heavy atom. The number of ketones is 2. The number of hydrogen-bond acceptors (Lipinski definition) is 2. The van der Waals surface area contributed by atoms with E-state index in [1.54, 1.807) is 6.92 Å². The van der Waals surface area contributed by atoms with E-state index >= 15 is 0 Å². The molecular formula is C12H9FO2. The largest absolute Gasteiger partial charge is 0.289 e. The van der Waals surface area contributed by atoms with E-state index < -0.39 is 11.6 Å². The summed E-state index contributed by atoms with van der Waals surface area (Å²) in [4.78, 5) is 23.3. The van der Waals surface area contributed by atoms with Gasteiger partial charge in [0.15, 0.2) is 11.6 Å². The third-order valence-corrected chi connectivity index (χ3v) is 2.48. The molecule has 1 aromatic carbocycles. The summed E-state index contributed by atoms with van der Waals surface area (Å²) in [6, 6.07) is 4.12. The lowest BCUT2D eigenvalue weighted by molar-refractivity contribution is 0.0979. The van der Waals surface area contributed by atoms with Crippen LogP contribution in [0.2, 0.25) is 0 Å². The lowest BCUT2D eigenvalue weighted by Gasteiger charge is -2.13. The van der Waals surface area contributed by atoms with Crippen molar-refractivity contribution in [2.75, 3.05) is 0 Å². The zero-order valence-electron chi connectivity index (χ0n) is 8.21. The molecule has 0 saturated carbocycles. The normalized spacial score (nSPS) is 14.9. The van der Waals surface area contributed by atoms with Crippen molar-refractivity contribution in [3.05, 3.63) is 46.8 Å². The summed E-state index contributed by atoms with van der Waals surface area (Å²) in [5.41, 5.74) is 0.525. The molecule has 1 aromatic rings. The second-order valence-corrected chi connectivity index (χ2v) is 3.38.